The number of hydrogen-bond acceptors (Lipinski definition) is 3. The van der Waals surface area contributed by atoms with E-state index in [1.165, 1.54) is 6.07 Å². The molecule has 1 saturated heterocycles. The summed E-state index contributed by atoms with van der Waals surface area (Å²) in [4.78, 5) is 14.2. The summed E-state index contributed by atoms with van der Waals surface area (Å²) in [6.07, 6.45) is 2.91. The number of likely N-dealkylation sites (tertiary alicyclic amines) is 1. The number of hydrogen-bond donors (Lipinski definition) is 0. The Balaban J connectivity index is 2.08. The predicted molar refractivity (Wildman–Crippen MR) is 93.6 cm³/mol. The molecule has 0 N–H and O–H groups in total. The molecule has 1 aliphatic heterocycles. The van der Waals surface area contributed by atoms with Crippen LogP contribution in [0.1, 0.15) is 38.7 Å². The van der Waals surface area contributed by atoms with E-state index < -0.39 is 15.6 Å². The lowest BCUT2D eigenvalue weighted by molar-refractivity contribution is -0.134. The molecular weight excluding hydrogens is 357 g/mol. The summed E-state index contributed by atoms with van der Waals surface area (Å²) in [7, 11) is -3.55. The number of nitrogens with zero attached hydrogens (tertiary/aromatic N) is 1. The van der Waals surface area contributed by atoms with Gasteiger partial charge in [0.1, 0.15) is 5.75 Å². The highest BCUT2D eigenvalue weighted by Crippen LogP contribution is 2.25. The van der Waals surface area contributed by atoms with Gasteiger partial charge in [-0.05, 0) is 50.8 Å². The van der Waals surface area contributed by atoms with Crippen molar-refractivity contribution >= 4 is 38.9 Å². The van der Waals surface area contributed by atoms with Crippen molar-refractivity contribution in [3.8, 4) is 0 Å². The minimum Gasteiger partial charge on any atom is -0.336 e. The molecule has 1 fully saturated rings. The minimum absolute atomic E-state index is 0.0893. The third-order valence-electron chi connectivity index (χ3n) is 4.20. The molecular formula is C16H21Cl2NO3S. The van der Waals surface area contributed by atoms with Crippen LogP contribution in [-0.2, 0) is 20.4 Å². The lowest BCUT2D eigenvalue weighted by atomic mass is 9.98. The SMILES string of the molecule is C[C@H]1CCC[C@H](C)N1C(=O)CS(=O)(=O)Cc1ccc(Cl)c(Cl)c1. The Kier molecular flexibility index (Phi) is 5.98. The molecule has 0 radical (unpaired) electrons. The molecule has 0 bridgehead atoms. The van der Waals surface area contributed by atoms with Crippen LogP contribution in [0.2, 0.25) is 10.0 Å². The molecule has 4 nitrogen and oxygen atoms in total. The van der Waals surface area contributed by atoms with Crippen LogP contribution in [0, 0.1) is 0 Å². The van der Waals surface area contributed by atoms with Gasteiger partial charge in [0.05, 0.1) is 15.8 Å². The van der Waals surface area contributed by atoms with Crippen molar-refractivity contribution in [3.63, 3.8) is 0 Å². The summed E-state index contributed by atoms with van der Waals surface area (Å²) in [6.45, 7) is 3.94. The predicted octanol–water partition coefficient (Wildman–Crippen LogP) is 3.70. The smallest absolute Gasteiger partial charge is 0.238 e. The first-order valence-electron chi connectivity index (χ1n) is 7.65. The second-order valence-corrected chi connectivity index (χ2v) is 9.09. The Labute approximate surface area is 147 Å². The van der Waals surface area contributed by atoms with Crippen molar-refractivity contribution in [2.45, 2.75) is 50.9 Å². The maximum absolute atomic E-state index is 12.4. The van der Waals surface area contributed by atoms with Gasteiger partial charge in [0, 0.05) is 12.1 Å². The number of carbonyl (C=O) groups excluding carboxylic acids is 1. The molecule has 0 aromatic heterocycles. The summed E-state index contributed by atoms with van der Waals surface area (Å²) in [5.41, 5.74) is 0.534. The topological polar surface area (TPSA) is 54.5 Å². The molecule has 1 heterocycles. The van der Waals surface area contributed by atoms with Crippen molar-refractivity contribution in [2.24, 2.45) is 0 Å². The molecule has 2 rings (SSSR count). The van der Waals surface area contributed by atoms with Gasteiger partial charge in [0.25, 0.3) is 0 Å². The quantitative estimate of drug-likeness (QED) is 0.803. The number of benzene rings is 1. The van der Waals surface area contributed by atoms with E-state index in [-0.39, 0.29) is 23.7 Å². The van der Waals surface area contributed by atoms with Crippen molar-refractivity contribution in [2.75, 3.05) is 5.75 Å². The zero-order valence-corrected chi connectivity index (χ0v) is 15.6. The molecule has 0 unspecified atom stereocenters. The summed E-state index contributed by atoms with van der Waals surface area (Å²) in [5, 5.41) is 0.684. The maximum atomic E-state index is 12.4. The second-order valence-electron chi connectivity index (χ2n) is 6.21. The van der Waals surface area contributed by atoms with Crippen molar-refractivity contribution in [3.05, 3.63) is 33.8 Å². The molecule has 1 aromatic rings. The van der Waals surface area contributed by atoms with Gasteiger partial charge < -0.3 is 4.90 Å². The lowest BCUT2D eigenvalue weighted by Gasteiger charge is -2.39. The van der Waals surface area contributed by atoms with E-state index in [9.17, 15) is 13.2 Å². The minimum atomic E-state index is -3.55. The lowest BCUT2D eigenvalue weighted by Crippen LogP contribution is -2.49. The number of carbonyl (C=O) groups is 1. The van der Waals surface area contributed by atoms with Gasteiger partial charge in [-0.2, -0.15) is 0 Å². The van der Waals surface area contributed by atoms with Crippen molar-refractivity contribution in [1.29, 1.82) is 0 Å². The molecule has 7 heteroatoms. The Morgan fingerprint density at radius 3 is 2.35 bits per heavy atom. The molecule has 1 aromatic carbocycles. The summed E-state index contributed by atoms with van der Waals surface area (Å²) >= 11 is 11.7. The van der Waals surface area contributed by atoms with Crippen LogP contribution >= 0.6 is 23.2 Å². The van der Waals surface area contributed by atoms with Crippen LogP contribution < -0.4 is 0 Å². The van der Waals surface area contributed by atoms with Gasteiger partial charge in [-0.1, -0.05) is 29.3 Å². The normalized spacial score (nSPS) is 22.2. The van der Waals surface area contributed by atoms with E-state index in [0.717, 1.165) is 19.3 Å². The third kappa shape index (κ3) is 4.85. The molecule has 0 spiro atoms. The van der Waals surface area contributed by atoms with E-state index in [2.05, 4.69) is 0 Å². The third-order valence-corrected chi connectivity index (χ3v) is 6.39. The highest BCUT2D eigenvalue weighted by Gasteiger charge is 2.31. The van der Waals surface area contributed by atoms with E-state index in [1.54, 1.807) is 17.0 Å². The number of amides is 1. The van der Waals surface area contributed by atoms with Gasteiger partial charge in [0.2, 0.25) is 5.91 Å². The Bertz CT molecular complexity index is 681. The van der Waals surface area contributed by atoms with Crippen molar-refractivity contribution in [1.82, 2.24) is 4.90 Å². The highest BCUT2D eigenvalue weighted by molar-refractivity contribution is 7.91. The van der Waals surface area contributed by atoms with E-state index in [0.29, 0.717) is 15.6 Å². The van der Waals surface area contributed by atoms with Gasteiger partial charge in [-0.15, -0.1) is 0 Å². The van der Waals surface area contributed by atoms with Gasteiger partial charge in [-0.3, -0.25) is 4.79 Å². The molecule has 0 saturated carbocycles. The van der Waals surface area contributed by atoms with Crippen LogP contribution in [-0.4, -0.2) is 37.1 Å². The monoisotopic (exact) mass is 377 g/mol. The standard InChI is InChI=1S/C16H21Cl2NO3S/c1-11-4-3-5-12(2)19(11)16(20)10-23(21,22)9-13-6-7-14(17)15(18)8-13/h6-8,11-12H,3-5,9-10H2,1-2H3/t11-,12-/m0/s1. The van der Waals surface area contributed by atoms with Crippen molar-refractivity contribution < 1.29 is 13.2 Å². The summed E-state index contributed by atoms with van der Waals surface area (Å²) in [6, 6.07) is 4.88. The summed E-state index contributed by atoms with van der Waals surface area (Å²) < 4.78 is 24.7. The fourth-order valence-corrected chi connectivity index (χ4v) is 4.75. The number of piperidine rings is 1. The van der Waals surface area contributed by atoms with Gasteiger partial charge in [-0.25, -0.2) is 8.42 Å². The molecule has 23 heavy (non-hydrogen) atoms. The second kappa shape index (κ2) is 7.41. The van der Waals surface area contributed by atoms with Crippen LogP contribution in [0.15, 0.2) is 18.2 Å². The Morgan fingerprint density at radius 2 is 1.78 bits per heavy atom. The first-order chi connectivity index (χ1) is 10.7. The van der Waals surface area contributed by atoms with E-state index >= 15 is 0 Å². The zero-order valence-electron chi connectivity index (χ0n) is 13.3. The summed E-state index contributed by atoms with van der Waals surface area (Å²) in [5.74, 6) is -1.00. The molecule has 128 valence electrons. The fraction of sp³-hybridized carbons (Fsp3) is 0.562. The number of rotatable bonds is 4. The highest BCUT2D eigenvalue weighted by atomic mass is 35.5. The van der Waals surface area contributed by atoms with Crippen LogP contribution in [0.4, 0.5) is 0 Å². The first-order valence-corrected chi connectivity index (χ1v) is 10.2. The molecule has 1 aliphatic rings. The van der Waals surface area contributed by atoms with E-state index in [1.807, 2.05) is 13.8 Å². The van der Waals surface area contributed by atoms with Gasteiger partial charge >= 0.3 is 0 Å². The van der Waals surface area contributed by atoms with Gasteiger partial charge in [0.15, 0.2) is 9.84 Å². The molecule has 1 amide bonds. The molecule has 2 atom stereocenters. The number of sulfone groups is 1. The van der Waals surface area contributed by atoms with E-state index in [4.69, 9.17) is 23.2 Å². The average Bonchev–Trinajstić information content (AvgIpc) is 2.41. The Morgan fingerprint density at radius 1 is 1.17 bits per heavy atom. The van der Waals surface area contributed by atoms with Crippen LogP contribution in [0.3, 0.4) is 0 Å². The van der Waals surface area contributed by atoms with Crippen LogP contribution in [0.5, 0.6) is 0 Å². The largest absolute Gasteiger partial charge is 0.336 e. The number of halogens is 2. The fourth-order valence-electron chi connectivity index (χ4n) is 3.11. The average molecular weight is 378 g/mol. The maximum Gasteiger partial charge on any atom is 0.238 e. The van der Waals surface area contributed by atoms with Crippen LogP contribution in [0.25, 0.3) is 0 Å². The Hall–Kier alpha value is -0.780. The zero-order chi connectivity index (χ0) is 17.2. The molecule has 0 aliphatic carbocycles. The first kappa shape index (κ1) is 18.6.